The molecule has 0 bridgehead atoms. The monoisotopic (exact) mass is 330 g/mol. The lowest BCUT2D eigenvalue weighted by Gasteiger charge is -2.03. The van der Waals surface area contributed by atoms with Gasteiger partial charge in [0.05, 0.1) is 5.69 Å². The Balaban J connectivity index is 1.57. The molecular weight excluding hydrogens is 320 g/mol. The summed E-state index contributed by atoms with van der Waals surface area (Å²) in [7, 11) is 0. The highest BCUT2D eigenvalue weighted by Crippen LogP contribution is 2.36. The van der Waals surface area contributed by atoms with Gasteiger partial charge < -0.3 is 14.8 Å². The van der Waals surface area contributed by atoms with Gasteiger partial charge in [0, 0.05) is 27.7 Å². The maximum Gasteiger partial charge on any atom is 0.231 e. The van der Waals surface area contributed by atoms with E-state index in [1.807, 2.05) is 47.8 Å². The Bertz CT molecular complexity index is 835. The van der Waals surface area contributed by atoms with Gasteiger partial charge in [0.15, 0.2) is 16.6 Å². The summed E-state index contributed by atoms with van der Waals surface area (Å²) < 4.78 is 10.7. The molecule has 22 heavy (non-hydrogen) atoms. The zero-order chi connectivity index (χ0) is 14.9. The Morgan fingerprint density at radius 1 is 1.09 bits per heavy atom. The second kappa shape index (κ2) is 5.51. The summed E-state index contributed by atoms with van der Waals surface area (Å²) in [5.41, 5.74) is 2.81. The smallest absolute Gasteiger partial charge is 0.231 e. The molecule has 0 spiro atoms. The van der Waals surface area contributed by atoms with E-state index in [2.05, 4.69) is 10.3 Å². The van der Waals surface area contributed by atoms with E-state index in [0.717, 1.165) is 33.6 Å². The lowest BCUT2D eigenvalue weighted by Crippen LogP contribution is -1.93. The number of hydrogen-bond acceptors (Lipinski definition) is 5. The van der Waals surface area contributed by atoms with E-state index in [9.17, 15) is 0 Å². The van der Waals surface area contributed by atoms with Crippen molar-refractivity contribution in [3.05, 3.63) is 52.9 Å². The van der Waals surface area contributed by atoms with Crippen molar-refractivity contribution in [2.45, 2.75) is 0 Å². The van der Waals surface area contributed by atoms with Crippen LogP contribution in [0.4, 0.5) is 10.8 Å². The highest BCUT2D eigenvalue weighted by molar-refractivity contribution is 7.14. The SMILES string of the molecule is Clc1cccc(-c2csc(Nc3ccc4c(c3)OCO4)n2)c1. The summed E-state index contributed by atoms with van der Waals surface area (Å²) in [6.07, 6.45) is 0. The molecule has 0 radical (unpaired) electrons. The van der Waals surface area contributed by atoms with Crippen molar-refractivity contribution in [1.29, 1.82) is 0 Å². The predicted molar refractivity (Wildman–Crippen MR) is 88.4 cm³/mol. The van der Waals surface area contributed by atoms with Crippen molar-refractivity contribution in [1.82, 2.24) is 4.98 Å². The minimum absolute atomic E-state index is 0.273. The minimum Gasteiger partial charge on any atom is -0.454 e. The molecule has 1 aliphatic heterocycles. The number of aromatic nitrogens is 1. The van der Waals surface area contributed by atoms with Gasteiger partial charge in [-0.2, -0.15) is 0 Å². The molecule has 0 aliphatic carbocycles. The number of anilines is 2. The third-order valence-corrected chi connectivity index (χ3v) is 4.24. The molecule has 6 heteroatoms. The number of nitrogens with zero attached hydrogens (tertiary/aromatic N) is 1. The summed E-state index contributed by atoms with van der Waals surface area (Å²) in [5, 5.41) is 6.80. The fourth-order valence-corrected chi connectivity index (χ4v) is 3.14. The Kier molecular flexibility index (Phi) is 3.36. The largest absolute Gasteiger partial charge is 0.454 e. The van der Waals surface area contributed by atoms with Crippen LogP contribution in [0.1, 0.15) is 0 Å². The number of hydrogen-bond donors (Lipinski definition) is 1. The Hall–Kier alpha value is -2.24. The molecule has 1 aromatic heterocycles. The number of benzene rings is 2. The van der Waals surface area contributed by atoms with E-state index < -0.39 is 0 Å². The Morgan fingerprint density at radius 2 is 2.00 bits per heavy atom. The first-order chi connectivity index (χ1) is 10.8. The number of ether oxygens (including phenoxy) is 2. The van der Waals surface area contributed by atoms with Crippen LogP contribution in [0.3, 0.4) is 0 Å². The van der Waals surface area contributed by atoms with Gasteiger partial charge in [-0.25, -0.2) is 4.98 Å². The Labute approximate surface area is 136 Å². The maximum absolute atomic E-state index is 6.02. The number of fused-ring (bicyclic) bond motifs is 1. The van der Waals surface area contributed by atoms with Gasteiger partial charge in [-0.3, -0.25) is 0 Å². The summed E-state index contributed by atoms with van der Waals surface area (Å²) in [5.74, 6) is 1.51. The maximum atomic E-state index is 6.02. The van der Waals surface area contributed by atoms with Crippen LogP contribution in [0.25, 0.3) is 11.3 Å². The number of rotatable bonds is 3. The minimum atomic E-state index is 0.273. The van der Waals surface area contributed by atoms with E-state index in [1.165, 1.54) is 0 Å². The fraction of sp³-hybridized carbons (Fsp3) is 0.0625. The first-order valence-corrected chi connectivity index (χ1v) is 7.92. The van der Waals surface area contributed by atoms with Gasteiger partial charge in [-0.15, -0.1) is 11.3 Å². The molecule has 4 rings (SSSR count). The topological polar surface area (TPSA) is 43.4 Å². The first-order valence-electron chi connectivity index (χ1n) is 6.66. The molecule has 2 aromatic carbocycles. The molecule has 0 atom stereocenters. The third kappa shape index (κ3) is 2.61. The Morgan fingerprint density at radius 3 is 2.91 bits per heavy atom. The van der Waals surface area contributed by atoms with Crippen LogP contribution in [0, 0.1) is 0 Å². The molecule has 0 saturated heterocycles. The van der Waals surface area contributed by atoms with Crippen LogP contribution in [-0.2, 0) is 0 Å². The summed E-state index contributed by atoms with van der Waals surface area (Å²) >= 11 is 7.56. The third-order valence-electron chi connectivity index (χ3n) is 3.25. The molecule has 0 amide bonds. The van der Waals surface area contributed by atoms with Crippen molar-refractivity contribution in [3.63, 3.8) is 0 Å². The van der Waals surface area contributed by atoms with E-state index >= 15 is 0 Å². The highest BCUT2D eigenvalue weighted by atomic mass is 35.5. The van der Waals surface area contributed by atoms with Gasteiger partial charge in [0.25, 0.3) is 0 Å². The van der Waals surface area contributed by atoms with Gasteiger partial charge in [-0.05, 0) is 24.3 Å². The van der Waals surface area contributed by atoms with Crippen LogP contribution < -0.4 is 14.8 Å². The number of nitrogens with one attached hydrogen (secondary N) is 1. The van der Waals surface area contributed by atoms with Crippen LogP contribution in [-0.4, -0.2) is 11.8 Å². The second-order valence-corrected chi connectivity index (χ2v) is 6.04. The first kappa shape index (κ1) is 13.4. The fourth-order valence-electron chi connectivity index (χ4n) is 2.21. The predicted octanol–water partition coefficient (Wildman–Crippen LogP) is 4.94. The normalized spacial score (nSPS) is 12.4. The average Bonchev–Trinajstić information content (AvgIpc) is 3.16. The standard InChI is InChI=1S/C16H11ClN2O2S/c17-11-3-1-2-10(6-11)13-8-22-16(19-13)18-12-4-5-14-15(7-12)21-9-20-14/h1-8H,9H2,(H,18,19). The molecular formula is C16H11ClN2O2S. The lowest BCUT2D eigenvalue weighted by molar-refractivity contribution is 0.174. The average molecular weight is 331 g/mol. The lowest BCUT2D eigenvalue weighted by atomic mass is 10.2. The molecule has 1 N–H and O–H groups in total. The van der Waals surface area contributed by atoms with Crippen molar-refractivity contribution in [2.75, 3.05) is 12.1 Å². The van der Waals surface area contributed by atoms with Gasteiger partial charge in [0.2, 0.25) is 6.79 Å². The zero-order valence-electron chi connectivity index (χ0n) is 11.4. The van der Waals surface area contributed by atoms with E-state index in [1.54, 1.807) is 11.3 Å². The van der Waals surface area contributed by atoms with Crippen LogP contribution >= 0.6 is 22.9 Å². The summed E-state index contributed by atoms with van der Waals surface area (Å²) in [4.78, 5) is 4.59. The molecule has 0 fully saturated rings. The number of thiazole rings is 1. The molecule has 0 saturated carbocycles. The number of halogens is 1. The molecule has 1 aliphatic rings. The van der Waals surface area contributed by atoms with Gasteiger partial charge in [0.1, 0.15) is 0 Å². The van der Waals surface area contributed by atoms with Crippen LogP contribution in [0.15, 0.2) is 47.8 Å². The van der Waals surface area contributed by atoms with Crippen molar-refractivity contribution < 1.29 is 9.47 Å². The van der Waals surface area contributed by atoms with Crippen LogP contribution in [0.5, 0.6) is 11.5 Å². The van der Waals surface area contributed by atoms with Crippen molar-refractivity contribution >= 4 is 33.8 Å². The van der Waals surface area contributed by atoms with Gasteiger partial charge >= 0.3 is 0 Å². The summed E-state index contributed by atoms with van der Waals surface area (Å²) in [6.45, 7) is 0.273. The van der Waals surface area contributed by atoms with Gasteiger partial charge in [-0.1, -0.05) is 23.7 Å². The molecule has 0 unspecified atom stereocenters. The molecule has 110 valence electrons. The highest BCUT2D eigenvalue weighted by Gasteiger charge is 2.13. The summed E-state index contributed by atoms with van der Waals surface area (Å²) in [6, 6.07) is 13.4. The van der Waals surface area contributed by atoms with Crippen molar-refractivity contribution in [2.24, 2.45) is 0 Å². The quantitative estimate of drug-likeness (QED) is 0.739. The molecule has 4 nitrogen and oxygen atoms in total. The van der Waals surface area contributed by atoms with E-state index in [4.69, 9.17) is 21.1 Å². The molecule has 3 aromatic rings. The van der Waals surface area contributed by atoms with E-state index in [-0.39, 0.29) is 6.79 Å². The van der Waals surface area contributed by atoms with E-state index in [0.29, 0.717) is 5.02 Å². The second-order valence-electron chi connectivity index (χ2n) is 4.74. The van der Waals surface area contributed by atoms with Crippen molar-refractivity contribution in [3.8, 4) is 22.8 Å². The zero-order valence-corrected chi connectivity index (χ0v) is 12.9. The molecule has 2 heterocycles. The van der Waals surface area contributed by atoms with Crippen LogP contribution in [0.2, 0.25) is 5.02 Å².